The fourth-order valence-corrected chi connectivity index (χ4v) is 1.75. The average molecular weight is 217 g/mol. The summed E-state index contributed by atoms with van der Waals surface area (Å²) in [5.41, 5.74) is 7.27. The normalized spacial score (nSPS) is 11.1. The molecule has 0 saturated heterocycles. The Hall–Kier alpha value is -2.30. The lowest BCUT2D eigenvalue weighted by atomic mass is 10.1. The lowest BCUT2D eigenvalue weighted by Gasteiger charge is -1.94. The highest BCUT2D eigenvalue weighted by molar-refractivity contribution is 5.94. The predicted molar refractivity (Wildman–Crippen MR) is 58.2 cm³/mol. The predicted octanol–water partition coefficient (Wildman–Crippen LogP) is 2.54. The van der Waals surface area contributed by atoms with Crippen LogP contribution in [-0.4, -0.2) is 9.97 Å². The molecule has 5 heteroatoms. The van der Waals surface area contributed by atoms with Crippen molar-refractivity contribution in [2.75, 3.05) is 5.73 Å². The zero-order valence-corrected chi connectivity index (χ0v) is 8.20. The summed E-state index contributed by atoms with van der Waals surface area (Å²) >= 11 is 0. The van der Waals surface area contributed by atoms with Crippen molar-refractivity contribution in [3.05, 3.63) is 36.5 Å². The number of nitrogens with one attached hydrogen (secondary N) is 1. The largest absolute Gasteiger partial charge is 0.432 e. The van der Waals surface area contributed by atoms with Gasteiger partial charge < -0.3 is 15.1 Å². The van der Waals surface area contributed by atoms with Gasteiger partial charge in [0.1, 0.15) is 17.8 Å². The number of oxazole rings is 1. The van der Waals surface area contributed by atoms with E-state index in [0.717, 1.165) is 5.52 Å². The van der Waals surface area contributed by atoms with Crippen LogP contribution in [0.5, 0.6) is 0 Å². The molecule has 0 spiro atoms. The zero-order chi connectivity index (χ0) is 11.1. The summed E-state index contributed by atoms with van der Waals surface area (Å²) in [5, 5.41) is 0.496. The third-order valence-electron chi connectivity index (χ3n) is 2.45. The standard InChI is InChI=1S/C11H8FN3O/c12-7-2-1-3-8-10(7)6(4-14-8)9-5-16-11(13)15-9/h1-5,14H,(H2,13,15). The first-order valence-corrected chi connectivity index (χ1v) is 4.72. The molecule has 0 fully saturated rings. The molecule has 0 saturated carbocycles. The van der Waals surface area contributed by atoms with Crippen molar-refractivity contribution >= 4 is 16.9 Å². The van der Waals surface area contributed by atoms with Crippen molar-refractivity contribution in [1.82, 2.24) is 9.97 Å². The molecule has 0 radical (unpaired) electrons. The van der Waals surface area contributed by atoms with Gasteiger partial charge in [0.05, 0.1) is 0 Å². The van der Waals surface area contributed by atoms with Gasteiger partial charge in [0.2, 0.25) is 0 Å². The van der Waals surface area contributed by atoms with Crippen LogP contribution in [0, 0.1) is 5.82 Å². The smallest absolute Gasteiger partial charge is 0.292 e. The molecule has 1 aromatic carbocycles. The summed E-state index contributed by atoms with van der Waals surface area (Å²) in [5.74, 6) is -0.296. The number of nitrogens with two attached hydrogens (primary N) is 1. The Bertz CT molecular complexity index is 656. The number of hydrogen-bond donors (Lipinski definition) is 2. The number of halogens is 1. The quantitative estimate of drug-likeness (QED) is 0.658. The zero-order valence-electron chi connectivity index (χ0n) is 8.20. The van der Waals surface area contributed by atoms with Crippen LogP contribution in [-0.2, 0) is 0 Å². The summed E-state index contributed by atoms with van der Waals surface area (Å²) in [6.45, 7) is 0. The van der Waals surface area contributed by atoms with E-state index in [1.807, 2.05) is 0 Å². The molecule has 4 nitrogen and oxygen atoms in total. The second kappa shape index (κ2) is 3.10. The van der Waals surface area contributed by atoms with E-state index in [1.165, 1.54) is 12.3 Å². The van der Waals surface area contributed by atoms with Crippen LogP contribution in [0.1, 0.15) is 0 Å². The summed E-state index contributed by atoms with van der Waals surface area (Å²) in [7, 11) is 0. The van der Waals surface area contributed by atoms with E-state index in [1.54, 1.807) is 18.3 Å². The second-order valence-electron chi connectivity index (χ2n) is 3.44. The highest BCUT2D eigenvalue weighted by atomic mass is 19.1. The van der Waals surface area contributed by atoms with E-state index in [0.29, 0.717) is 16.6 Å². The number of hydrogen-bond acceptors (Lipinski definition) is 3. The van der Waals surface area contributed by atoms with E-state index in [9.17, 15) is 4.39 Å². The van der Waals surface area contributed by atoms with Gasteiger partial charge in [-0.1, -0.05) is 6.07 Å². The molecular weight excluding hydrogens is 209 g/mol. The first-order valence-electron chi connectivity index (χ1n) is 4.72. The minimum absolute atomic E-state index is 0.0701. The first kappa shape index (κ1) is 8.96. The molecule has 16 heavy (non-hydrogen) atoms. The van der Waals surface area contributed by atoms with E-state index < -0.39 is 0 Å². The Labute approximate surface area is 89.9 Å². The number of aromatic amines is 1. The van der Waals surface area contributed by atoms with Gasteiger partial charge in [0.25, 0.3) is 6.01 Å². The molecular formula is C11H8FN3O. The maximum atomic E-state index is 13.7. The van der Waals surface area contributed by atoms with Crippen molar-refractivity contribution in [3.8, 4) is 11.3 Å². The van der Waals surface area contributed by atoms with Gasteiger partial charge in [0, 0.05) is 22.7 Å². The average Bonchev–Trinajstić information content (AvgIpc) is 2.84. The summed E-state index contributed by atoms with van der Waals surface area (Å²) in [6.07, 6.45) is 3.09. The summed E-state index contributed by atoms with van der Waals surface area (Å²) < 4.78 is 18.6. The maximum Gasteiger partial charge on any atom is 0.292 e. The third kappa shape index (κ3) is 1.18. The van der Waals surface area contributed by atoms with Crippen LogP contribution in [0.3, 0.4) is 0 Å². The van der Waals surface area contributed by atoms with Crippen molar-refractivity contribution in [2.45, 2.75) is 0 Å². The van der Waals surface area contributed by atoms with Crippen molar-refractivity contribution in [3.63, 3.8) is 0 Å². The second-order valence-corrected chi connectivity index (χ2v) is 3.44. The lowest BCUT2D eigenvalue weighted by molar-refractivity contribution is 0.581. The van der Waals surface area contributed by atoms with Crippen molar-refractivity contribution < 1.29 is 8.81 Å². The Balaban J connectivity index is 2.32. The van der Waals surface area contributed by atoms with Gasteiger partial charge in [0.15, 0.2) is 0 Å². The van der Waals surface area contributed by atoms with E-state index in [4.69, 9.17) is 10.2 Å². The van der Waals surface area contributed by atoms with Gasteiger partial charge in [-0.15, -0.1) is 0 Å². The van der Waals surface area contributed by atoms with E-state index in [2.05, 4.69) is 9.97 Å². The molecule has 0 unspecified atom stereocenters. The molecule has 0 amide bonds. The van der Waals surface area contributed by atoms with Crippen molar-refractivity contribution in [1.29, 1.82) is 0 Å². The highest BCUT2D eigenvalue weighted by Crippen LogP contribution is 2.30. The van der Waals surface area contributed by atoms with Crippen LogP contribution in [0.15, 0.2) is 35.1 Å². The van der Waals surface area contributed by atoms with Crippen LogP contribution in [0.2, 0.25) is 0 Å². The van der Waals surface area contributed by atoms with E-state index >= 15 is 0 Å². The molecule has 2 aromatic heterocycles. The monoisotopic (exact) mass is 217 g/mol. The number of rotatable bonds is 1. The molecule has 80 valence electrons. The molecule has 3 N–H and O–H groups in total. The maximum absolute atomic E-state index is 13.7. The molecule has 3 rings (SSSR count). The molecule has 3 aromatic rings. The molecule has 0 bridgehead atoms. The van der Waals surface area contributed by atoms with Crippen LogP contribution >= 0.6 is 0 Å². The minimum atomic E-state index is -0.296. The summed E-state index contributed by atoms with van der Waals surface area (Å²) in [4.78, 5) is 6.94. The number of nitrogen functional groups attached to an aromatic ring is 1. The fraction of sp³-hybridized carbons (Fsp3) is 0. The SMILES string of the molecule is Nc1nc(-c2c[nH]c3cccc(F)c23)co1. The number of nitrogens with zero attached hydrogens (tertiary/aromatic N) is 1. The van der Waals surface area contributed by atoms with Gasteiger partial charge in [-0.05, 0) is 12.1 Å². The van der Waals surface area contributed by atoms with Crippen LogP contribution < -0.4 is 5.73 Å². The molecule has 0 aliphatic rings. The van der Waals surface area contributed by atoms with Crippen LogP contribution in [0.4, 0.5) is 10.4 Å². The van der Waals surface area contributed by atoms with Crippen molar-refractivity contribution in [2.24, 2.45) is 0 Å². The number of anilines is 1. The summed E-state index contributed by atoms with van der Waals surface area (Å²) in [6, 6.07) is 4.92. The number of H-pyrrole nitrogens is 1. The number of benzene rings is 1. The first-order chi connectivity index (χ1) is 7.75. The number of aromatic nitrogens is 2. The van der Waals surface area contributed by atoms with Gasteiger partial charge in [-0.3, -0.25) is 0 Å². The Morgan fingerprint density at radius 1 is 1.38 bits per heavy atom. The van der Waals surface area contributed by atoms with Gasteiger partial charge >= 0.3 is 0 Å². The van der Waals surface area contributed by atoms with Gasteiger partial charge in [-0.25, -0.2) is 4.39 Å². The minimum Gasteiger partial charge on any atom is -0.432 e. The van der Waals surface area contributed by atoms with Crippen LogP contribution in [0.25, 0.3) is 22.2 Å². The molecule has 0 atom stereocenters. The molecule has 0 aliphatic carbocycles. The third-order valence-corrected chi connectivity index (χ3v) is 2.45. The highest BCUT2D eigenvalue weighted by Gasteiger charge is 2.12. The Morgan fingerprint density at radius 2 is 2.25 bits per heavy atom. The van der Waals surface area contributed by atoms with Gasteiger partial charge in [-0.2, -0.15) is 4.98 Å². The fourth-order valence-electron chi connectivity index (χ4n) is 1.75. The van der Waals surface area contributed by atoms with E-state index in [-0.39, 0.29) is 11.8 Å². The topological polar surface area (TPSA) is 67.8 Å². The lowest BCUT2D eigenvalue weighted by Crippen LogP contribution is -1.83. The molecule has 0 aliphatic heterocycles. The Kier molecular flexibility index (Phi) is 1.73. The Morgan fingerprint density at radius 3 is 3.00 bits per heavy atom. The number of fused-ring (bicyclic) bond motifs is 1. The molecule has 2 heterocycles.